The Kier molecular flexibility index (Phi) is 2.57. The first-order chi connectivity index (χ1) is 5.15. The van der Waals surface area contributed by atoms with Crippen LogP contribution in [-0.4, -0.2) is 12.2 Å². The van der Waals surface area contributed by atoms with E-state index in [-0.39, 0.29) is 5.12 Å². The SMILES string of the molecule is CNc1cc(C)c(C(=O)S)s1. The highest BCUT2D eigenvalue weighted by molar-refractivity contribution is 7.97. The quantitative estimate of drug-likeness (QED) is 0.695. The van der Waals surface area contributed by atoms with Gasteiger partial charge in [-0.05, 0) is 18.6 Å². The van der Waals surface area contributed by atoms with Crippen molar-refractivity contribution in [2.24, 2.45) is 0 Å². The average molecular weight is 187 g/mol. The summed E-state index contributed by atoms with van der Waals surface area (Å²) in [4.78, 5) is 11.6. The van der Waals surface area contributed by atoms with Crippen LogP contribution in [0.4, 0.5) is 5.00 Å². The highest BCUT2D eigenvalue weighted by Gasteiger charge is 2.08. The zero-order valence-electron chi connectivity index (χ0n) is 6.34. The lowest BCUT2D eigenvalue weighted by molar-refractivity contribution is 0.109. The summed E-state index contributed by atoms with van der Waals surface area (Å²) in [6.07, 6.45) is 0. The second-order valence-corrected chi connectivity index (χ2v) is 3.64. The van der Waals surface area contributed by atoms with Crippen LogP contribution in [0.25, 0.3) is 0 Å². The molecule has 0 amide bonds. The maximum absolute atomic E-state index is 10.8. The molecule has 0 aliphatic carbocycles. The van der Waals surface area contributed by atoms with Crippen LogP contribution < -0.4 is 5.32 Å². The lowest BCUT2D eigenvalue weighted by Gasteiger charge is -1.88. The Morgan fingerprint density at radius 3 is 2.64 bits per heavy atom. The standard InChI is InChI=1S/C7H9NOS2/c1-4-3-5(8-2)11-6(4)7(9)10/h3,8H,1-2H3,(H,9,10). The molecule has 60 valence electrons. The second kappa shape index (κ2) is 3.28. The van der Waals surface area contributed by atoms with Gasteiger partial charge in [0.05, 0.1) is 9.88 Å². The number of carbonyl (C=O) groups excluding carboxylic acids is 1. The Labute approximate surface area is 75.0 Å². The summed E-state index contributed by atoms with van der Waals surface area (Å²) >= 11 is 5.18. The van der Waals surface area contributed by atoms with Crippen molar-refractivity contribution < 1.29 is 4.79 Å². The highest BCUT2D eigenvalue weighted by atomic mass is 32.1. The molecule has 1 N–H and O–H groups in total. The van der Waals surface area contributed by atoms with Crippen molar-refractivity contribution in [3.8, 4) is 0 Å². The van der Waals surface area contributed by atoms with Gasteiger partial charge < -0.3 is 5.32 Å². The van der Waals surface area contributed by atoms with Crippen LogP contribution >= 0.6 is 24.0 Å². The molecule has 0 fully saturated rings. The van der Waals surface area contributed by atoms with Gasteiger partial charge in [0.15, 0.2) is 0 Å². The molecule has 0 radical (unpaired) electrons. The Hall–Kier alpha value is -0.480. The minimum Gasteiger partial charge on any atom is -0.380 e. The maximum atomic E-state index is 10.8. The van der Waals surface area contributed by atoms with Gasteiger partial charge in [-0.3, -0.25) is 4.79 Å². The van der Waals surface area contributed by atoms with E-state index in [0.29, 0.717) is 0 Å². The van der Waals surface area contributed by atoms with Gasteiger partial charge >= 0.3 is 0 Å². The number of hydrogen-bond acceptors (Lipinski definition) is 3. The summed E-state index contributed by atoms with van der Waals surface area (Å²) in [7, 11) is 1.83. The number of rotatable bonds is 2. The maximum Gasteiger partial charge on any atom is 0.226 e. The van der Waals surface area contributed by atoms with Crippen molar-refractivity contribution in [1.29, 1.82) is 0 Å². The van der Waals surface area contributed by atoms with Crippen molar-refractivity contribution in [2.75, 3.05) is 12.4 Å². The molecule has 0 aromatic carbocycles. The predicted molar refractivity (Wildman–Crippen MR) is 51.9 cm³/mol. The fourth-order valence-electron chi connectivity index (χ4n) is 0.818. The topological polar surface area (TPSA) is 29.1 Å². The first-order valence-electron chi connectivity index (χ1n) is 3.16. The van der Waals surface area contributed by atoms with Crippen LogP contribution in [-0.2, 0) is 0 Å². The summed E-state index contributed by atoms with van der Waals surface area (Å²) in [5.41, 5.74) is 0.986. The third kappa shape index (κ3) is 1.75. The first-order valence-corrected chi connectivity index (χ1v) is 4.43. The lowest BCUT2D eigenvalue weighted by atomic mass is 10.3. The van der Waals surface area contributed by atoms with E-state index in [2.05, 4.69) is 17.9 Å². The molecular weight excluding hydrogens is 178 g/mol. The highest BCUT2D eigenvalue weighted by Crippen LogP contribution is 2.26. The van der Waals surface area contributed by atoms with E-state index < -0.39 is 0 Å². The molecule has 0 saturated heterocycles. The summed E-state index contributed by atoms with van der Waals surface area (Å²) in [6, 6.07) is 1.94. The third-order valence-corrected chi connectivity index (χ3v) is 2.99. The molecule has 1 rings (SSSR count). The zero-order valence-corrected chi connectivity index (χ0v) is 8.05. The zero-order chi connectivity index (χ0) is 8.43. The van der Waals surface area contributed by atoms with E-state index in [1.54, 1.807) is 0 Å². The molecule has 0 unspecified atom stereocenters. The molecule has 4 heteroatoms. The average Bonchev–Trinajstić information content (AvgIpc) is 2.30. The van der Waals surface area contributed by atoms with Gasteiger partial charge in [0.25, 0.3) is 0 Å². The number of nitrogens with one attached hydrogen (secondary N) is 1. The second-order valence-electron chi connectivity index (χ2n) is 2.18. The Balaban J connectivity index is 3.07. The van der Waals surface area contributed by atoms with Crippen LogP contribution in [0.15, 0.2) is 6.07 Å². The smallest absolute Gasteiger partial charge is 0.226 e. The summed E-state index contributed by atoms with van der Waals surface area (Å²) in [5, 5.41) is 3.82. The Morgan fingerprint density at radius 1 is 1.73 bits per heavy atom. The fraction of sp³-hybridized carbons (Fsp3) is 0.286. The van der Waals surface area contributed by atoms with E-state index in [1.165, 1.54) is 11.3 Å². The monoisotopic (exact) mass is 187 g/mol. The Bertz CT molecular complexity index is 280. The number of aryl methyl sites for hydroxylation is 1. The molecule has 1 heterocycles. The van der Waals surface area contributed by atoms with Crippen molar-refractivity contribution in [3.05, 3.63) is 16.5 Å². The molecule has 0 saturated carbocycles. The normalized spacial score (nSPS) is 9.73. The van der Waals surface area contributed by atoms with Gasteiger partial charge in [0, 0.05) is 7.05 Å². The number of hydrogen-bond donors (Lipinski definition) is 2. The van der Waals surface area contributed by atoms with Crippen LogP contribution in [0.1, 0.15) is 15.2 Å². The molecule has 11 heavy (non-hydrogen) atoms. The number of thiophene rings is 1. The lowest BCUT2D eigenvalue weighted by Crippen LogP contribution is -1.84. The Morgan fingerprint density at radius 2 is 2.36 bits per heavy atom. The minimum absolute atomic E-state index is 0.158. The predicted octanol–water partition coefficient (Wildman–Crippen LogP) is 2.17. The van der Waals surface area contributed by atoms with E-state index >= 15 is 0 Å². The van der Waals surface area contributed by atoms with Gasteiger partial charge in [-0.2, -0.15) is 0 Å². The van der Waals surface area contributed by atoms with Gasteiger partial charge in [0.1, 0.15) is 0 Å². The molecule has 1 aromatic heterocycles. The van der Waals surface area contributed by atoms with Crippen LogP contribution in [0.5, 0.6) is 0 Å². The van der Waals surface area contributed by atoms with Gasteiger partial charge in [-0.1, -0.05) is 12.6 Å². The molecular formula is C7H9NOS2. The van der Waals surface area contributed by atoms with Crippen molar-refractivity contribution in [3.63, 3.8) is 0 Å². The number of carbonyl (C=O) groups is 1. The number of thiol groups is 1. The fourth-order valence-corrected chi connectivity index (χ4v) is 2.00. The molecule has 0 aliphatic rings. The van der Waals surface area contributed by atoms with Gasteiger partial charge in [0.2, 0.25) is 5.12 Å². The summed E-state index contributed by atoms with van der Waals surface area (Å²) in [6.45, 7) is 1.90. The molecule has 0 aliphatic heterocycles. The van der Waals surface area contributed by atoms with E-state index in [0.717, 1.165) is 15.4 Å². The molecule has 2 nitrogen and oxygen atoms in total. The largest absolute Gasteiger partial charge is 0.380 e. The van der Waals surface area contributed by atoms with Gasteiger partial charge in [-0.25, -0.2) is 0 Å². The van der Waals surface area contributed by atoms with Crippen LogP contribution in [0.3, 0.4) is 0 Å². The van der Waals surface area contributed by atoms with E-state index in [1.807, 2.05) is 20.0 Å². The van der Waals surface area contributed by atoms with Crippen LogP contribution in [0.2, 0.25) is 0 Å². The van der Waals surface area contributed by atoms with Crippen molar-refractivity contribution in [1.82, 2.24) is 0 Å². The first kappa shape index (κ1) is 8.62. The minimum atomic E-state index is -0.158. The third-order valence-electron chi connectivity index (χ3n) is 1.36. The summed E-state index contributed by atoms with van der Waals surface area (Å²) < 4.78 is 0. The number of anilines is 1. The van der Waals surface area contributed by atoms with E-state index in [4.69, 9.17) is 0 Å². The van der Waals surface area contributed by atoms with Crippen LogP contribution in [0, 0.1) is 6.92 Å². The van der Waals surface area contributed by atoms with E-state index in [9.17, 15) is 4.79 Å². The molecule has 0 atom stereocenters. The molecule has 1 aromatic rings. The summed E-state index contributed by atoms with van der Waals surface area (Å²) in [5.74, 6) is 0. The molecule has 0 bridgehead atoms. The van der Waals surface area contributed by atoms with Crippen molar-refractivity contribution in [2.45, 2.75) is 6.92 Å². The van der Waals surface area contributed by atoms with Gasteiger partial charge in [-0.15, -0.1) is 11.3 Å². The van der Waals surface area contributed by atoms with Crippen molar-refractivity contribution >= 4 is 34.1 Å². The molecule has 0 spiro atoms.